The zero-order chi connectivity index (χ0) is 14.5. The molecular formula is C12H20N6O2. The van der Waals surface area contributed by atoms with E-state index in [4.69, 9.17) is 0 Å². The number of hydrogen-bond donors (Lipinski definition) is 3. The number of aromatic nitrogens is 3. The zero-order valence-corrected chi connectivity index (χ0v) is 11.7. The Bertz CT molecular complexity index is 480. The minimum absolute atomic E-state index is 0.0192. The molecule has 0 radical (unpaired) electrons. The molecule has 1 heterocycles. The van der Waals surface area contributed by atoms with Crippen LogP contribution in [-0.4, -0.2) is 39.0 Å². The van der Waals surface area contributed by atoms with Crippen molar-refractivity contribution in [3.05, 3.63) is 11.9 Å². The standard InChI is InChI=1S/C12H20N6O2/c1-8(2)14-12(20)15-11(19)7-18-6-10(16-17-18)5-13-9-3-4-9/h6,8-9,13H,3-5,7H2,1-2H3,(H2,14,15,19,20). The Morgan fingerprint density at radius 1 is 1.45 bits per heavy atom. The number of nitrogens with one attached hydrogen (secondary N) is 3. The first-order chi connectivity index (χ1) is 9.52. The van der Waals surface area contributed by atoms with Crippen LogP contribution in [0, 0.1) is 0 Å². The molecule has 0 saturated heterocycles. The SMILES string of the molecule is CC(C)NC(=O)NC(=O)Cn1cc(CNC2CC2)nn1. The van der Waals surface area contributed by atoms with Gasteiger partial charge in [-0.15, -0.1) is 5.10 Å². The van der Waals surface area contributed by atoms with Gasteiger partial charge in [-0.1, -0.05) is 5.21 Å². The molecule has 0 spiro atoms. The second-order valence-corrected chi connectivity index (χ2v) is 5.24. The highest BCUT2D eigenvalue weighted by Gasteiger charge is 2.20. The molecule has 1 fully saturated rings. The van der Waals surface area contributed by atoms with Crippen LogP contribution in [0.15, 0.2) is 6.20 Å². The lowest BCUT2D eigenvalue weighted by atomic mass is 10.4. The molecule has 0 unspecified atom stereocenters. The Hall–Kier alpha value is -1.96. The molecule has 1 saturated carbocycles. The van der Waals surface area contributed by atoms with E-state index in [1.165, 1.54) is 17.5 Å². The van der Waals surface area contributed by atoms with Crippen LogP contribution in [-0.2, 0) is 17.9 Å². The second kappa shape index (κ2) is 6.47. The number of hydrogen-bond acceptors (Lipinski definition) is 5. The van der Waals surface area contributed by atoms with Gasteiger partial charge in [0.2, 0.25) is 5.91 Å². The van der Waals surface area contributed by atoms with E-state index in [2.05, 4.69) is 26.3 Å². The lowest BCUT2D eigenvalue weighted by Crippen LogP contribution is -2.43. The van der Waals surface area contributed by atoms with Crippen LogP contribution in [0.1, 0.15) is 32.4 Å². The molecule has 8 heteroatoms. The average Bonchev–Trinajstić information content (AvgIpc) is 3.06. The first kappa shape index (κ1) is 14.4. The summed E-state index contributed by atoms with van der Waals surface area (Å²) in [7, 11) is 0. The smallest absolute Gasteiger partial charge is 0.321 e. The molecule has 20 heavy (non-hydrogen) atoms. The molecular weight excluding hydrogens is 260 g/mol. The Balaban J connectivity index is 1.74. The van der Waals surface area contributed by atoms with Crippen molar-refractivity contribution in [3.8, 4) is 0 Å². The summed E-state index contributed by atoms with van der Waals surface area (Å²) in [5, 5.41) is 16.0. The van der Waals surface area contributed by atoms with Gasteiger partial charge in [0.25, 0.3) is 0 Å². The highest BCUT2D eigenvalue weighted by molar-refractivity contribution is 5.94. The molecule has 8 nitrogen and oxygen atoms in total. The van der Waals surface area contributed by atoms with Crippen molar-refractivity contribution < 1.29 is 9.59 Å². The fourth-order valence-corrected chi connectivity index (χ4v) is 1.64. The third-order valence-electron chi connectivity index (χ3n) is 2.71. The Kier molecular flexibility index (Phi) is 4.67. The molecule has 110 valence electrons. The number of nitrogens with zero attached hydrogens (tertiary/aromatic N) is 3. The Morgan fingerprint density at radius 3 is 2.85 bits per heavy atom. The van der Waals surface area contributed by atoms with Crippen molar-refractivity contribution in [2.75, 3.05) is 0 Å². The maximum atomic E-state index is 11.6. The molecule has 2 rings (SSSR count). The molecule has 0 aliphatic heterocycles. The molecule has 1 aromatic rings. The summed E-state index contributed by atoms with van der Waals surface area (Å²) < 4.78 is 1.42. The summed E-state index contributed by atoms with van der Waals surface area (Å²) in [5.74, 6) is -0.422. The monoisotopic (exact) mass is 280 g/mol. The number of rotatable bonds is 6. The summed E-state index contributed by atoms with van der Waals surface area (Å²) in [6, 6.07) is 0.0817. The van der Waals surface area contributed by atoms with E-state index in [1.807, 2.05) is 13.8 Å². The molecule has 1 aromatic heterocycles. The number of amides is 3. The van der Waals surface area contributed by atoms with E-state index >= 15 is 0 Å². The number of imide groups is 1. The highest BCUT2D eigenvalue weighted by Crippen LogP contribution is 2.18. The minimum Gasteiger partial charge on any atom is -0.336 e. The van der Waals surface area contributed by atoms with Gasteiger partial charge in [-0.25, -0.2) is 9.48 Å². The third kappa shape index (κ3) is 4.96. The average molecular weight is 280 g/mol. The molecule has 0 aromatic carbocycles. The normalized spacial score (nSPS) is 14.3. The van der Waals surface area contributed by atoms with Crippen molar-refractivity contribution in [3.63, 3.8) is 0 Å². The molecule has 3 N–H and O–H groups in total. The van der Waals surface area contributed by atoms with Crippen LogP contribution in [0.3, 0.4) is 0 Å². The Morgan fingerprint density at radius 2 is 2.20 bits per heavy atom. The maximum absolute atomic E-state index is 11.6. The minimum atomic E-state index is -0.499. The lowest BCUT2D eigenvalue weighted by Gasteiger charge is -2.08. The van der Waals surface area contributed by atoms with Crippen LogP contribution in [0.4, 0.5) is 4.79 Å². The quantitative estimate of drug-likeness (QED) is 0.668. The number of urea groups is 1. The van der Waals surface area contributed by atoms with Gasteiger partial charge in [-0.3, -0.25) is 10.1 Å². The molecule has 1 aliphatic carbocycles. The zero-order valence-electron chi connectivity index (χ0n) is 11.7. The summed E-state index contributed by atoms with van der Waals surface area (Å²) in [6.07, 6.45) is 4.12. The van der Waals surface area contributed by atoms with Gasteiger partial charge in [-0.05, 0) is 26.7 Å². The summed E-state index contributed by atoms with van der Waals surface area (Å²) in [5.41, 5.74) is 0.788. The van der Waals surface area contributed by atoms with E-state index in [0.717, 1.165) is 5.69 Å². The molecule has 3 amide bonds. The van der Waals surface area contributed by atoms with E-state index in [0.29, 0.717) is 12.6 Å². The number of carbonyl (C=O) groups excluding carboxylic acids is 2. The summed E-state index contributed by atoms with van der Waals surface area (Å²) >= 11 is 0. The van der Waals surface area contributed by atoms with Crippen molar-refractivity contribution in [1.29, 1.82) is 0 Å². The highest BCUT2D eigenvalue weighted by atomic mass is 16.2. The van der Waals surface area contributed by atoms with Gasteiger partial charge in [0.1, 0.15) is 6.54 Å². The van der Waals surface area contributed by atoms with E-state index in [1.54, 1.807) is 6.20 Å². The number of carbonyl (C=O) groups is 2. The predicted octanol–water partition coefficient (Wildman–Crippen LogP) is -0.236. The van der Waals surface area contributed by atoms with E-state index in [-0.39, 0.29) is 12.6 Å². The van der Waals surface area contributed by atoms with Crippen molar-refractivity contribution in [1.82, 2.24) is 30.9 Å². The summed E-state index contributed by atoms with van der Waals surface area (Å²) in [6.45, 7) is 4.27. The molecule has 0 bridgehead atoms. The fraction of sp³-hybridized carbons (Fsp3) is 0.667. The lowest BCUT2D eigenvalue weighted by molar-refractivity contribution is -0.120. The van der Waals surface area contributed by atoms with Gasteiger partial charge in [-0.2, -0.15) is 0 Å². The van der Waals surface area contributed by atoms with Gasteiger partial charge in [0.15, 0.2) is 0 Å². The van der Waals surface area contributed by atoms with Crippen LogP contribution in [0.5, 0.6) is 0 Å². The van der Waals surface area contributed by atoms with Gasteiger partial charge >= 0.3 is 6.03 Å². The van der Waals surface area contributed by atoms with Crippen molar-refractivity contribution in [2.24, 2.45) is 0 Å². The van der Waals surface area contributed by atoms with Crippen LogP contribution in [0.25, 0.3) is 0 Å². The van der Waals surface area contributed by atoms with Crippen LogP contribution in [0.2, 0.25) is 0 Å². The van der Waals surface area contributed by atoms with E-state index < -0.39 is 11.9 Å². The van der Waals surface area contributed by atoms with Gasteiger partial charge < -0.3 is 10.6 Å². The second-order valence-electron chi connectivity index (χ2n) is 5.24. The third-order valence-corrected chi connectivity index (χ3v) is 2.71. The van der Waals surface area contributed by atoms with E-state index in [9.17, 15) is 9.59 Å². The molecule has 1 aliphatic rings. The van der Waals surface area contributed by atoms with Gasteiger partial charge in [0, 0.05) is 18.6 Å². The van der Waals surface area contributed by atoms with Crippen LogP contribution < -0.4 is 16.0 Å². The topological polar surface area (TPSA) is 101 Å². The fourth-order valence-electron chi connectivity index (χ4n) is 1.64. The maximum Gasteiger partial charge on any atom is 0.321 e. The summed E-state index contributed by atoms with van der Waals surface area (Å²) in [4.78, 5) is 23.0. The predicted molar refractivity (Wildman–Crippen MR) is 71.7 cm³/mol. The first-order valence-corrected chi connectivity index (χ1v) is 6.75. The van der Waals surface area contributed by atoms with Crippen molar-refractivity contribution >= 4 is 11.9 Å². The van der Waals surface area contributed by atoms with Gasteiger partial charge in [0.05, 0.1) is 11.9 Å². The largest absolute Gasteiger partial charge is 0.336 e. The molecule has 0 atom stereocenters. The first-order valence-electron chi connectivity index (χ1n) is 6.75. The van der Waals surface area contributed by atoms with Crippen molar-refractivity contribution in [2.45, 2.75) is 51.9 Å². The van der Waals surface area contributed by atoms with Crippen LogP contribution >= 0.6 is 0 Å². The Labute approximate surface area is 117 Å².